The second-order valence-corrected chi connectivity index (χ2v) is 15.4. The molecule has 1 aromatic carbocycles. The normalized spacial score (nSPS) is 36.5. The molecule has 0 saturated carbocycles. The number of benzene rings is 1. The third-order valence-electron chi connectivity index (χ3n) is 10.8. The van der Waals surface area contributed by atoms with E-state index in [1.54, 1.807) is 65.0 Å². The van der Waals surface area contributed by atoms with E-state index < -0.39 is 78.3 Å². The van der Waals surface area contributed by atoms with Gasteiger partial charge < -0.3 is 44.3 Å². The van der Waals surface area contributed by atoms with Crippen LogP contribution in [0, 0.1) is 17.8 Å². The van der Waals surface area contributed by atoms with Crippen LogP contribution in [-0.2, 0) is 35.0 Å². The zero-order valence-electron chi connectivity index (χ0n) is 32.9. The van der Waals surface area contributed by atoms with E-state index in [1.165, 1.54) is 12.3 Å². The first-order valence-electron chi connectivity index (χ1n) is 19.0. The number of para-hydroxylation sites is 1. The Labute approximate surface area is 319 Å². The van der Waals surface area contributed by atoms with Crippen molar-refractivity contribution in [2.24, 2.45) is 17.8 Å². The maximum atomic E-state index is 14.1. The highest BCUT2D eigenvalue weighted by molar-refractivity contribution is 5.97. The van der Waals surface area contributed by atoms with Crippen LogP contribution in [0.4, 0.5) is 0 Å². The first-order chi connectivity index (χ1) is 25.6. The molecule has 0 aliphatic carbocycles. The van der Waals surface area contributed by atoms with Crippen LogP contribution in [0.1, 0.15) is 66.4 Å². The Balaban J connectivity index is 1.70. The maximum absolute atomic E-state index is 14.1. The fourth-order valence-electron chi connectivity index (χ4n) is 7.54. The number of esters is 1. The largest absolute Gasteiger partial charge is 0.487 e. The Morgan fingerprint density at radius 3 is 2.48 bits per heavy atom. The van der Waals surface area contributed by atoms with Crippen LogP contribution < -0.4 is 0 Å². The monoisotopic (exact) mass is 752 g/mol. The van der Waals surface area contributed by atoms with Crippen molar-refractivity contribution in [3.8, 4) is 0 Å². The van der Waals surface area contributed by atoms with Gasteiger partial charge in [0.1, 0.15) is 12.2 Å². The molecule has 12 heteroatoms. The number of aliphatic hydroxyl groups is 4. The van der Waals surface area contributed by atoms with E-state index in [1.807, 2.05) is 44.2 Å². The Morgan fingerprint density at radius 2 is 1.80 bits per heavy atom. The van der Waals surface area contributed by atoms with Gasteiger partial charge in [0.2, 0.25) is 0 Å². The second-order valence-electron chi connectivity index (χ2n) is 15.4. The molecule has 1 saturated heterocycles. The summed E-state index contributed by atoms with van der Waals surface area (Å²) in [6.45, 7) is 10.3. The van der Waals surface area contributed by atoms with Crippen molar-refractivity contribution in [3.63, 3.8) is 0 Å². The number of hydrogen-bond donors (Lipinski definition) is 4. The number of carbonyl (C=O) groups excluding carboxylic acids is 2. The van der Waals surface area contributed by atoms with E-state index in [0.29, 0.717) is 18.4 Å². The lowest BCUT2D eigenvalue weighted by Gasteiger charge is -2.46. The van der Waals surface area contributed by atoms with Crippen LogP contribution in [-0.4, -0.2) is 117 Å². The Hall–Kier alpha value is -3.49. The van der Waals surface area contributed by atoms with Gasteiger partial charge in [-0.1, -0.05) is 56.7 Å². The summed E-state index contributed by atoms with van der Waals surface area (Å²) in [7, 11) is 3.49. The number of ether oxygens (including phenoxy) is 4. The predicted molar refractivity (Wildman–Crippen MR) is 205 cm³/mol. The summed E-state index contributed by atoms with van der Waals surface area (Å²) in [5, 5.41) is 45.0. The first kappa shape index (κ1) is 43.2. The van der Waals surface area contributed by atoms with Crippen molar-refractivity contribution in [1.82, 2.24) is 9.88 Å². The van der Waals surface area contributed by atoms with Gasteiger partial charge in [-0.15, -0.1) is 0 Å². The number of aromatic nitrogens is 1. The quantitative estimate of drug-likeness (QED) is 0.213. The average molecular weight is 753 g/mol. The lowest BCUT2D eigenvalue weighted by atomic mass is 9.80. The molecule has 298 valence electrons. The molecule has 4 N–H and O–H groups in total. The fraction of sp³-hybridized carbons (Fsp3) is 0.595. The van der Waals surface area contributed by atoms with Crippen LogP contribution in [0.5, 0.6) is 0 Å². The SMILES string of the molecule is CC[C@H]1OC(=O)C[C@@H](O)[C@H](C)[C@@H](OC2OC(C)C(O)C(N(C)C)C2O)[C@@H](C)C[C@](C)(O/C=C/Cc2cnc3ccccc3c2)C(=O)/C=C/C(C)=C/C1CO. The van der Waals surface area contributed by atoms with Crippen molar-refractivity contribution >= 4 is 22.7 Å². The van der Waals surface area contributed by atoms with Crippen LogP contribution in [0.2, 0.25) is 0 Å². The smallest absolute Gasteiger partial charge is 0.308 e. The molecule has 54 heavy (non-hydrogen) atoms. The van der Waals surface area contributed by atoms with E-state index in [9.17, 15) is 30.0 Å². The molecule has 2 aromatic rings. The lowest BCUT2D eigenvalue weighted by Crippen LogP contribution is -2.63. The molecule has 0 radical (unpaired) electrons. The highest BCUT2D eigenvalue weighted by Crippen LogP contribution is 2.35. The third kappa shape index (κ3) is 10.8. The molecular formula is C42H60N2O10. The second kappa shape index (κ2) is 19.4. The van der Waals surface area contributed by atoms with Crippen molar-refractivity contribution < 1.29 is 49.0 Å². The Bertz CT molecular complexity index is 1640. The minimum atomic E-state index is -1.42. The average Bonchev–Trinajstić information content (AvgIpc) is 3.13. The third-order valence-corrected chi connectivity index (χ3v) is 10.8. The lowest BCUT2D eigenvalue weighted by molar-refractivity contribution is -0.304. The van der Waals surface area contributed by atoms with E-state index in [4.69, 9.17) is 18.9 Å². The van der Waals surface area contributed by atoms with E-state index in [-0.39, 0.29) is 25.2 Å². The van der Waals surface area contributed by atoms with E-state index in [0.717, 1.165) is 16.5 Å². The number of fused-ring (bicyclic) bond motifs is 1. The van der Waals surface area contributed by atoms with Gasteiger partial charge >= 0.3 is 5.97 Å². The molecular weight excluding hydrogens is 692 g/mol. The van der Waals surface area contributed by atoms with Gasteiger partial charge in [0.25, 0.3) is 0 Å². The molecule has 1 aromatic heterocycles. The summed E-state index contributed by atoms with van der Waals surface area (Å²) < 4.78 is 24.6. The summed E-state index contributed by atoms with van der Waals surface area (Å²) in [5.74, 6) is -2.73. The molecule has 0 spiro atoms. The number of ketones is 1. The number of allylic oxidation sites excluding steroid dienone is 3. The van der Waals surface area contributed by atoms with E-state index in [2.05, 4.69) is 11.1 Å². The number of aliphatic hydroxyl groups excluding tert-OH is 4. The number of rotatable bonds is 9. The summed E-state index contributed by atoms with van der Waals surface area (Å²) in [4.78, 5) is 33.6. The minimum Gasteiger partial charge on any atom is -0.487 e. The molecule has 4 rings (SSSR count). The molecule has 0 bridgehead atoms. The van der Waals surface area contributed by atoms with Crippen LogP contribution >= 0.6 is 0 Å². The van der Waals surface area contributed by atoms with Crippen molar-refractivity contribution in [3.05, 3.63) is 78.2 Å². The molecule has 2 aliphatic heterocycles. The minimum absolute atomic E-state index is 0.113. The van der Waals surface area contributed by atoms with Crippen LogP contribution in [0.25, 0.3) is 10.9 Å². The van der Waals surface area contributed by atoms with Crippen LogP contribution in [0.3, 0.4) is 0 Å². The highest BCUT2D eigenvalue weighted by atomic mass is 16.7. The van der Waals surface area contributed by atoms with Gasteiger partial charge in [-0.05, 0) is 89.9 Å². The Morgan fingerprint density at radius 1 is 1.07 bits per heavy atom. The topological polar surface area (TPSA) is 168 Å². The van der Waals surface area contributed by atoms with Crippen molar-refractivity contribution in [1.29, 1.82) is 0 Å². The molecule has 0 amide bonds. The fourth-order valence-corrected chi connectivity index (χ4v) is 7.54. The molecule has 12 atom stereocenters. The Kier molecular flexibility index (Phi) is 15.5. The van der Waals surface area contributed by atoms with Gasteiger partial charge in [0.15, 0.2) is 17.7 Å². The zero-order valence-corrected chi connectivity index (χ0v) is 32.9. The first-order valence-corrected chi connectivity index (χ1v) is 19.0. The van der Waals surface area contributed by atoms with Gasteiger partial charge in [-0.25, -0.2) is 0 Å². The molecule has 3 heterocycles. The summed E-state index contributed by atoms with van der Waals surface area (Å²) in [6.07, 6.45) is 3.79. The highest BCUT2D eigenvalue weighted by Gasteiger charge is 2.48. The summed E-state index contributed by atoms with van der Waals surface area (Å²) in [6, 6.07) is 9.20. The number of carbonyl (C=O) groups is 2. The maximum Gasteiger partial charge on any atom is 0.308 e. The summed E-state index contributed by atoms with van der Waals surface area (Å²) >= 11 is 0. The van der Waals surface area contributed by atoms with E-state index >= 15 is 0 Å². The molecule has 12 nitrogen and oxygen atoms in total. The number of hydrogen-bond acceptors (Lipinski definition) is 12. The van der Waals surface area contributed by atoms with Crippen molar-refractivity contribution in [2.45, 2.75) is 122 Å². The van der Waals surface area contributed by atoms with Crippen LogP contribution in [0.15, 0.2) is 72.7 Å². The van der Waals surface area contributed by atoms with Gasteiger partial charge in [0.05, 0.1) is 55.3 Å². The van der Waals surface area contributed by atoms with Gasteiger partial charge in [-0.2, -0.15) is 0 Å². The number of nitrogens with zero attached hydrogens (tertiary/aromatic N) is 2. The number of likely N-dealkylation sites (N-methyl/N-ethyl adjacent to an activating group) is 1. The number of cyclic esters (lactones) is 1. The number of pyridine rings is 1. The summed E-state index contributed by atoms with van der Waals surface area (Å²) in [5.41, 5.74) is 1.13. The van der Waals surface area contributed by atoms with Gasteiger partial charge in [-0.3, -0.25) is 14.6 Å². The molecule has 1 fully saturated rings. The van der Waals surface area contributed by atoms with Crippen molar-refractivity contribution in [2.75, 3.05) is 20.7 Å². The standard InChI is InChI=1S/C42H60N2O10/c1-9-34-31(24-45)19-25(2)16-17-35(47)42(6,51-18-12-13-29-20-30-14-10-11-15-32(30)43-23-29)22-26(3)40(27(4)33(46)21-36(48)53-34)54-41-39(50)37(44(7)8)38(49)28(5)52-41/h10-12,14-20,23,26-28,31,33-34,37-41,45-46,49-50H,9,13,21-22,24H2,1-8H3/b17-16+,18-12+,25-19+/t26-,27-,28?,31?,33+,34+,37?,38?,39?,40-,41?,42-/m0/s1. The molecule has 6 unspecified atom stereocenters. The predicted octanol–water partition coefficient (Wildman–Crippen LogP) is 4.28. The molecule has 2 aliphatic rings. The zero-order chi connectivity index (χ0) is 39.7. The van der Waals surface area contributed by atoms with Gasteiger partial charge in [0, 0.05) is 23.4 Å².